The number of benzene rings is 2. The molecule has 0 unspecified atom stereocenters. The Morgan fingerprint density at radius 2 is 1.10 bits per heavy atom. The lowest BCUT2D eigenvalue weighted by molar-refractivity contribution is -0.455. The minimum Gasteiger partial charge on any atom is -0.255 e. The van der Waals surface area contributed by atoms with Crippen molar-refractivity contribution in [3.8, 4) is 0 Å². The number of nitrogens with zero attached hydrogens (tertiary/aromatic N) is 6. The highest BCUT2D eigenvalue weighted by Gasteiger charge is 2.03. The topological polar surface area (TPSA) is 159 Å². The second-order valence-corrected chi connectivity index (χ2v) is 5.10. The first kappa shape index (κ1) is 20.7. The van der Waals surface area contributed by atoms with Gasteiger partial charge in [0.05, 0.1) is 0 Å². The molecule has 11 nitrogen and oxygen atoms in total. The Balaban J connectivity index is 1.75. The molecule has 0 heterocycles. The van der Waals surface area contributed by atoms with Crippen molar-refractivity contribution in [3.05, 3.63) is 92.7 Å². The van der Waals surface area contributed by atoms with E-state index in [1.54, 1.807) is 48.5 Å². The van der Waals surface area contributed by atoms with Crippen molar-refractivity contribution in [1.29, 1.82) is 0 Å². The van der Waals surface area contributed by atoms with Crippen LogP contribution in [0.15, 0.2) is 70.9 Å². The van der Waals surface area contributed by atoms with Crippen molar-refractivity contribution in [1.82, 2.24) is 0 Å². The molecule has 2 rings (SSSR count). The first-order valence-corrected chi connectivity index (χ1v) is 7.86. The molecular formula is C18H12N6O5. The average molecular weight is 392 g/mol. The lowest BCUT2D eigenvalue weighted by atomic mass is 10.2. The third-order valence-corrected chi connectivity index (χ3v) is 3.16. The minimum atomic E-state index is -0.908. The zero-order chi connectivity index (χ0) is 20.9. The van der Waals surface area contributed by atoms with Crippen LogP contribution in [0.4, 0.5) is 11.4 Å². The Morgan fingerprint density at radius 1 is 0.724 bits per heavy atom. The van der Waals surface area contributed by atoms with Crippen LogP contribution in [0.1, 0.15) is 11.1 Å². The molecule has 0 aliphatic heterocycles. The molecule has 0 aliphatic carbocycles. The lowest BCUT2D eigenvalue weighted by Crippen LogP contribution is -2.06. The number of hydrogen-bond acceptors (Lipinski definition) is 7. The molecule has 0 aliphatic rings. The van der Waals surface area contributed by atoms with Gasteiger partial charge in [0, 0.05) is 38.4 Å². The molecule has 0 saturated heterocycles. The van der Waals surface area contributed by atoms with Gasteiger partial charge >= 0.3 is 11.9 Å². The van der Waals surface area contributed by atoms with Gasteiger partial charge in [-0.1, -0.05) is 58.8 Å². The molecule has 0 radical (unpaired) electrons. The van der Waals surface area contributed by atoms with E-state index in [-0.39, 0.29) is 0 Å². The van der Waals surface area contributed by atoms with Crippen LogP contribution in [0, 0.1) is 0 Å². The molecule has 29 heavy (non-hydrogen) atoms. The van der Waals surface area contributed by atoms with Crippen LogP contribution >= 0.6 is 0 Å². The van der Waals surface area contributed by atoms with Crippen molar-refractivity contribution in [2.24, 2.45) is 10.2 Å². The van der Waals surface area contributed by atoms with Crippen LogP contribution in [0.3, 0.4) is 0 Å². The Hall–Kier alpha value is -4.56. The fraction of sp³-hybridized carbons (Fsp3) is 0. The minimum absolute atomic E-state index is 0.433. The molecule has 11 heteroatoms. The van der Waals surface area contributed by atoms with Gasteiger partial charge in [-0.25, -0.2) is 9.59 Å². The molecular weight excluding hydrogens is 380 g/mol. The smallest absolute Gasteiger partial charge is 0.255 e. The van der Waals surface area contributed by atoms with E-state index in [1.165, 1.54) is 12.2 Å². The molecule has 0 amide bonds. The molecule has 2 aromatic rings. The third kappa shape index (κ3) is 7.69. The maximum Gasteiger partial charge on any atom is 0.370 e. The van der Waals surface area contributed by atoms with Gasteiger partial charge < -0.3 is 0 Å². The predicted octanol–water partition coefficient (Wildman–Crippen LogP) is 5.23. The summed E-state index contributed by atoms with van der Waals surface area (Å²) in [5, 5.41) is 11.0. The van der Waals surface area contributed by atoms with Crippen LogP contribution < -0.4 is 0 Å². The molecule has 144 valence electrons. The molecule has 0 spiro atoms. The Bertz CT molecular complexity index is 934. The molecule has 0 bridgehead atoms. The van der Waals surface area contributed by atoms with Crippen LogP contribution in [0.25, 0.3) is 33.0 Å². The van der Waals surface area contributed by atoms with Crippen molar-refractivity contribution >= 4 is 35.5 Å². The summed E-state index contributed by atoms with van der Waals surface area (Å²) in [7, 11) is 0. The summed E-state index contributed by atoms with van der Waals surface area (Å²) < 4.78 is 0. The molecule has 0 atom stereocenters. The van der Waals surface area contributed by atoms with E-state index in [1.807, 2.05) is 0 Å². The van der Waals surface area contributed by atoms with Crippen molar-refractivity contribution < 1.29 is 24.4 Å². The molecule has 2 aromatic carbocycles. The van der Waals surface area contributed by atoms with E-state index >= 15 is 0 Å². The zero-order valence-corrected chi connectivity index (χ0v) is 14.7. The SMILES string of the molecule is [N-]=[N+]=Nc1ccc(C=CC(=O)OOOC(=O)C=Cc2ccc(N=[N+]=[N-])cc2)cc1. The number of hydrogen-bond donors (Lipinski definition) is 0. The number of rotatable bonds is 8. The van der Waals surface area contributed by atoms with E-state index in [2.05, 4.69) is 34.9 Å². The molecule has 0 fully saturated rings. The van der Waals surface area contributed by atoms with Gasteiger partial charge in [-0.05, 0) is 34.3 Å². The van der Waals surface area contributed by atoms with Gasteiger partial charge in [0.25, 0.3) is 0 Å². The summed E-state index contributed by atoms with van der Waals surface area (Å²) >= 11 is 0. The van der Waals surface area contributed by atoms with E-state index in [0.717, 1.165) is 12.2 Å². The summed E-state index contributed by atoms with van der Waals surface area (Å²) in [6.45, 7) is 0. The summed E-state index contributed by atoms with van der Waals surface area (Å²) in [5.41, 5.74) is 18.8. The first-order chi connectivity index (χ1) is 14.1. The van der Waals surface area contributed by atoms with Crippen LogP contribution in [-0.2, 0) is 24.4 Å². The first-order valence-electron chi connectivity index (χ1n) is 7.86. The van der Waals surface area contributed by atoms with Gasteiger partial charge in [-0.2, -0.15) is 0 Å². The van der Waals surface area contributed by atoms with Gasteiger partial charge in [0.15, 0.2) is 0 Å². The molecule has 0 saturated carbocycles. The second-order valence-electron chi connectivity index (χ2n) is 5.10. The van der Waals surface area contributed by atoms with Gasteiger partial charge in [0.2, 0.25) is 0 Å². The van der Waals surface area contributed by atoms with Crippen molar-refractivity contribution in [3.63, 3.8) is 0 Å². The number of carbonyl (C=O) groups is 2. The normalized spacial score (nSPS) is 10.2. The highest BCUT2D eigenvalue weighted by molar-refractivity contribution is 5.87. The Kier molecular flexibility index (Phi) is 8.02. The fourth-order valence-corrected chi connectivity index (χ4v) is 1.88. The monoisotopic (exact) mass is 392 g/mol. The maximum atomic E-state index is 11.5. The quantitative estimate of drug-likeness (QED) is 0.150. The third-order valence-electron chi connectivity index (χ3n) is 3.16. The summed E-state index contributed by atoms with van der Waals surface area (Å²) in [4.78, 5) is 36.8. The van der Waals surface area contributed by atoms with Gasteiger partial charge in [-0.3, -0.25) is 9.78 Å². The van der Waals surface area contributed by atoms with E-state index < -0.39 is 11.9 Å². The Morgan fingerprint density at radius 3 is 1.45 bits per heavy atom. The molecule has 0 N–H and O–H groups in total. The van der Waals surface area contributed by atoms with Gasteiger partial charge in [0.1, 0.15) is 0 Å². The summed E-state index contributed by atoms with van der Waals surface area (Å²) in [6, 6.07) is 12.8. The Labute approximate surface area is 163 Å². The van der Waals surface area contributed by atoms with Gasteiger partial charge in [-0.15, -0.1) is 0 Å². The molecule has 0 aromatic heterocycles. The van der Waals surface area contributed by atoms with Crippen LogP contribution in [0.2, 0.25) is 0 Å². The predicted molar refractivity (Wildman–Crippen MR) is 102 cm³/mol. The fourth-order valence-electron chi connectivity index (χ4n) is 1.88. The van der Waals surface area contributed by atoms with Crippen molar-refractivity contribution in [2.75, 3.05) is 0 Å². The summed E-state index contributed by atoms with van der Waals surface area (Å²) in [5.74, 6) is -1.82. The zero-order valence-electron chi connectivity index (χ0n) is 14.7. The number of azide groups is 2. The standard InChI is InChI=1S/C18H12N6O5/c19-23-21-15-7-1-13(2-8-15)5-11-17(25)27-29-28-18(26)12-6-14-3-9-16(10-4-14)22-24-20/h1-12H. The maximum absolute atomic E-state index is 11.5. The summed E-state index contributed by atoms with van der Waals surface area (Å²) in [6.07, 6.45) is 4.95. The van der Waals surface area contributed by atoms with Crippen LogP contribution in [-0.4, -0.2) is 11.9 Å². The number of carbonyl (C=O) groups excluding carboxylic acids is 2. The lowest BCUT2D eigenvalue weighted by Gasteiger charge is -1.98. The van der Waals surface area contributed by atoms with Crippen LogP contribution in [0.5, 0.6) is 0 Å². The van der Waals surface area contributed by atoms with E-state index in [9.17, 15) is 9.59 Å². The second kappa shape index (κ2) is 11.2. The largest absolute Gasteiger partial charge is 0.370 e. The van der Waals surface area contributed by atoms with E-state index in [4.69, 9.17) is 11.1 Å². The average Bonchev–Trinajstić information content (AvgIpc) is 2.73. The van der Waals surface area contributed by atoms with E-state index in [0.29, 0.717) is 22.5 Å². The highest BCUT2D eigenvalue weighted by atomic mass is 17.5. The van der Waals surface area contributed by atoms with Crippen molar-refractivity contribution in [2.45, 2.75) is 0 Å². The highest BCUT2D eigenvalue weighted by Crippen LogP contribution is 2.15.